The van der Waals surface area contributed by atoms with Crippen molar-refractivity contribution in [3.8, 4) is 0 Å². The number of carbonyl (C=O) groups excluding carboxylic acids is 1. The van der Waals surface area contributed by atoms with E-state index in [0.717, 1.165) is 31.6 Å². The van der Waals surface area contributed by atoms with Gasteiger partial charge >= 0.3 is 5.97 Å². The summed E-state index contributed by atoms with van der Waals surface area (Å²) in [5.41, 5.74) is 5.25. The van der Waals surface area contributed by atoms with E-state index in [1.165, 1.54) is 0 Å². The molecule has 15 heavy (non-hydrogen) atoms. The van der Waals surface area contributed by atoms with E-state index in [1.807, 2.05) is 0 Å². The predicted molar refractivity (Wildman–Crippen MR) is 57.2 cm³/mol. The maximum absolute atomic E-state index is 11.4. The fourth-order valence-corrected chi connectivity index (χ4v) is 1.87. The SMILES string of the molecule is CC1CCC(OC(=O)C(O)CCN)CC1. The number of hydrogen-bond acceptors (Lipinski definition) is 4. The molecule has 0 spiro atoms. The van der Waals surface area contributed by atoms with E-state index < -0.39 is 12.1 Å². The summed E-state index contributed by atoms with van der Waals surface area (Å²) in [4.78, 5) is 11.4. The highest BCUT2D eigenvalue weighted by atomic mass is 16.6. The fraction of sp³-hybridized carbons (Fsp3) is 0.909. The molecule has 0 aromatic heterocycles. The molecule has 0 bridgehead atoms. The Bertz CT molecular complexity index is 200. The highest BCUT2D eigenvalue weighted by molar-refractivity contribution is 5.74. The monoisotopic (exact) mass is 215 g/mol. The van der Waals surface area contributed by atoms with Gasteiger partial charge in [0.2, 0.25) is 0 Å². The van der Waals surface area contributed by atoms with Gasteiger partial charge in [-0.25, -0.2) is 4.79 Å². The first kappa shape index (κ1) is 12.5. The van der Waals surface area contributed by atoms with Crippen molar-refractivity contribution in [2.45, 2.75) is 51.2 Å². The van der Waals surface area contributed by atoms with Crippen molar-refractivity contribution >= 4 is 5.97 Å². The zero-order chi connectivity index (χ0) is 11.3. The van der Waals surface area contributed by atoms with Crippen LogP contribution in [0.5, 0.6) is 0 Å². The van der Waals surface area contributed by atoms with Gasteiger partial charge < -0.3 is 15.6 Å². The molecule has 3 N–H and O–H groups in total. The van der Waals surface area contributed by atoms with Gasteiger partial charge in [-0.2, -0.15) is 0 Å². The first-order valence-corrected chi connectivity index (χ1v) is 5.72. The lowest BCUT2D eigenvalue weighted by Gasteiger charge is -2.26. The van der Waals surface area contributed by atoms with Gasteiger partial charge in [0.25, 0.3) is 0 Å². The van der Waals surface area contributed by atoms with Crippen molar-refractivity contribution in [1.29, 1.82) is 0 Å². The van der Waals surface area contributed by atoms with Gasteiger partial charge in [0.15, 0.2) is 6.10 Å². The quantitative estimate of drug-likeness (QED) is 0.681. The van der Waals surface area contributed by atoms with Crippen molar-refractivity contribution < 1.29 is 14.6 Å². The molecule has 1 unspecified atom stereocenters. The number of nitrogens with two attached hydrogens (primary N) is 1. The van der Waals surface area contributed by atoms with Crippen LogP contribution >= 0.6 is 0 Å². The molecule has 0 heterocycles. The maximum Gasteiger partial charge on any atom is 0.335 e. The number of aliphatic hydroxyl groups excluding tert-OH is 1. The average molecular weight is 215 g/mol. The van der Waals surface area contributed by atoms with E-state index in [9.17, 15) is 9.90 Å². The number of aliphatic hydroxyl groups is 1. The predicted octanol–water partition coefficient (Wildman–Crippen LogP) is 0.818. The summed E-state index contributed by atoms with van der Waals surface area (Å²) in [5.74, 6) is 0.217. The molecular formula is C11H21NO3. The molecule has 1 saturated carbocycles. The third kappa shape index (κ3) is 4.18. The first-order chi connectivity index (χ1) is 7.13. The van der Waals surface area contributed by atoms with Crippen LogP contribution in [0.2, 0.25) is 0 Å². The number of carbonyl (C=O) groups is 1. The van der Waals surface area contributed by atoms with Crippen LogP contribution in [-0.2, 0) is 9.53 Å². The van der Waals surface area contributed by atoms with Gasteiger partial charge in [0.1, 0.15) is 6.10 Å². The Balaban J connectivity index is 2.25. The molecule has 0 saturated heterocycles. The summed E-state index contributed by atoms with van der Waals surface area (Å²) >= 11 is 0. The number of ether oxygens (including phenoxy) is 1. The summed E-state index contributed by atoms with van der Waals surface area (Å²) in [6.07, 6.45) is 3.28. The second-order valence-electron chi connectivity index (χ2n) is 4.41. The lowest BCUT2D eigenvalue weighted by molar-refractivity contribution is -0.161. The molecule has 0 aromatic rings. The molecule has 88 valence electrons. The fourth-order valence-electron chi connectivity index (χ4n) is 1.87. The molecule has 1 aliphatic rings. The minimum atomic E-state index is -1.05. The van der Waals surface area contributed by atoms with Gasteiger partial charge in [0.05, 0.1) is 0 Å². The summed E-state index contributed by atoms with van der Waals surface area (Å²) in [6, 6.07) is 0. The molecule has 0 aromatic carbocycles. The Labute approximate surface area is 90.8 Å². The standard InChI is InChI=1S/C11H21NO3/c1-8-2-4-9(5-3-8)15-11(14)10(13)6-7-12/h8-10,13H,2-7,12H2,1H3. The number of hydrogen-bond donors (Lipinski definition) is 2. The molecule has 1 fully saturated rings. The largest absolute Gasteiger partial charge is 0.460 e. The Morgan fingerprint density at radius 3 is 2.60 bits per heavy atom. The van der Waals surface area contributed by atoms with Gasteiger partial charge in [-0.05, 0) is 44.6 Å². The van der Waals surface area contributed by atoms with E-state index in [2.05, 4.69) is 6.92 Å². The van der Waals surface area contributed by atoms with Crippen LogP contribution in [0.1, 0.15) is 39.0 Å². The van der Waals surface area contributed by atoms with Crippen LogP contribution in [-0.4, -0.2) is 29.8 Å². The van der Waals surface area contributed by atoms with Crippen molar-refractivity contribution in [3.63, 3.8) is 0 Å². The highest BCUT2D eigenvalue weighted by Gasteiger charge is 2.24. The zero-order valence-corrected chi connectivity index (χ0v) is 9.32. The van der Waals surface area contributed by atoms with Crippen molar-refractivity contribution in [3.05, 3.63) is 0 Å². The molecule has 4 heteroatoms. The molecule has 1 rings (SSSR count). The van der Waals surface area contributed by atoms with Crippen LogP contribution in [0.15, 0.2) is 0 Å². The molecule has 0 aliphatic heterocycles. The Hall–Kier alpha value is -0.610. The second kappa shape index (κ2) is 6.08. The first-order valence-electron chi connectivity index (χ1n) is 5.72. The molecule has 1 aliphatic carbocycles. The van der Waals surface area contributed by atoms with Crippen LogP contribution in [0.25, 0.3) is 0 Å². The van der Waals surface area contributed by atoms with Crippen molar-refractivity contribution in [1.82, 2.24) is 0 Å². The molecular weight excluding hydrogens is 194 g/mol. The highest BCUT2D eigenvalue weighted by Crippen LogP contribution is 2.25. The molecule has 0 amide bonds. The second-order valence-corrected chi connectivity index (χ2v) is 4.41. The van der Waals surface area contributed by atoms with E-state index in [-0.39, 0.29) is 12.5 Å². The van der Waals surface area contributed by atoms with Crippen LogP contribution in [0, 0.1) is 5.92 Å². The lowest BCUT2D eigenvalue weighted by atomic mass is 9.89. The minimum Gasteiger partial charge on any atom is -0.460 e. The maximum atomic E-state index is 11.4. The number of rotatable bonds is 4. The topological polar surface area (TPSA) is 72.5 Å². The zero-order valence-electron chi connectivity index (χ0n) is 9.32. The van der Waals surface area contributed by atoms with Crippen molar-refractivity contribution in [2.24, 2.45) is 11.7 Å². The number of esters is 1. The van der Waals surface area contributed by atoms with Crippen LogP contribution in [0.4, 0.5) is 0 Å². The Morgan fingerprint density at radius 2 is 2.07 bits per heavy atom. The van der Waals surface area contributed by atoms with Crippen molar-refractivity contribution in [2.75, 3.05) is 6.54 Å². The molecule has 1 atom stereocenters. The van der Waals surface area contributed by atoms with E-state index >= 15 is 0 Å². The van der Waals surface area contributed by atoms with Gasteiger partial charge in [-0.1, -0.05) is 6.92 Å². The molecule has 4 nitrogen and oxygen atoms in total. The summed E-state index contributed by atoms with van der Waals surface area (Å²) in [6.45, 7) is 2.51. The molecule has 0 radical (unpaired) electrons. The normalized spacial score (nSPS) is 28.5. The Kier molecular flexibility index (Phi) is 5.05. The average Bonchev–Trinajstić information content (AvgIpc) is 2.22. The minimum absolute atomic E-state index is 0.00104. The van der Waals surface area contributed by atoms with Gasteiger partial charge in [-0.3, -0.25) is 0 Å². The third-order valence-corrected chi connectivity index (χ3v) is 2.96. The summed E-state index contributed by atoms with van der Waals surface area (Å²) in [7, 11) is 0. The smallest absolute Gasteiger partial charge is 0.335 e. The lowest BCUT2D eigenvalue weighted by Crippen LogP contribution is -2.31. The third-order valence-electron chi connectivity index (χ3n) is 2.96. The summed E-state index contributed by atoms with van der Waals surface area (Å²) in [5, 5.41) is 9.35. The van der Waals surface area contributed by atoms with Crippen LogP contribution < -0.4 is 5.73 Å². The summed E-state index contributed by atoms with van der Waals surface area (Å²) < 4.78 is 5.21. The van der Waals surface area contributed by atoms with Gasteiger partial charge in [-0.15, -0.1) is 0 Å². The Morgan fingerprint density at radius 1 is 1.47 bits per heavy atom. The van der Waals surface area contributed by atoms with E-state index in [4.69, 9.17) is 10.5 Å². The van der Waals surface area contributed by atoms with Gasteiger partial charge in [0, 0.05) is 0 Å². The van der Waals surface area contributed by atoms with E-state index in [0.29, 0.717) is 6.54 Å². The van der Waals surface area contributed by atoms with Crippen LogP contribution in [0.3, 0.4) is 0 Å². The van der Waals surface area contributed by atoms with E-state index in [1.54, 1.807) is 0 Å².